The van der Waals surface area contributed by atoms with Crippen LogP contribution in [0.1, 0.15) is 0 Å². The fraction of sp³-hybridized carbons (Fsp3) is 0. The monoisotopic (exact) mass is 562 g/mol. The molecule has 0 aliphatic rings. The minimum Gasteiger partial charge on any atom is 0 e. The van der Waals surface area contributed by atoms with Gasteiger partial charge >= 0.3 is 133 Å². The van der Waals surface area contributed by atoms with Crippen LogP contribution >= 0.6 is 5.15 Å². The van der Waals surface area contributed by atoms with Gasteiger partial charge in [-0.2, -0.15) is 0 Å². The molecular formula is C18H16AuPRu. The molecule has 0 bridgehead atoms. The second-order valence-electron chi connectivity index (χ2n) is 4.70. The van der Waals surface area contributed by atoms with Gasteiger partial charge in [0.2, 0.25) is 0 Å². The van der Waals surface area contributed by atoms with Crippen molar-refractivity contribution in [3.05, 3.63) is 91.0 Å². The topological polar surface area (TPSA) is 0 Å². The van der Waals surface area contributed by atoms with E-state index in [-0.39, 0.29) is 19.5 Å². The first-order chi connectivity index (χ1) is 9.82. The number of hydrogen-bond acceptors (Lipinski definition) is 0. The summed E-state index contributed by atoms with van der Waals surface area (Å²) in [5, 5.41) is 2.36. The largest absolute Gasteiger partial charge is 0 e. The van der Waals surface area contributed by atoms with E-state index in [9.17, 15) is 0 Å². The summed E-state index contributed by atoms with van der Waals surface area (Å²) in [6.07, 6.45) is 0. The molecule has 0 radical (unpaired) electrons. The average molecular weight is 561 g/mol. The van der Waals surface area contributed by atoms with Gasteiger partial charge in [0, 0.05) is 19.5 Å². The van der Waals surface area contributed by atoms with Crippen LogP contribution in [0.15, 0.2) is 91.0 Å². The van der Waals surface area contributed by atoms with E-state index in [1.54, 1.807) is 0 Å². The molecule has 0 fully saturated rings. The van der Waals surface area contributed by atoms with Crippen molar-refractivity contribution in [3.63, 3.8) is 0 Å². The van der Waals surface area contributed by atoms with Crippen molar-refractivity contribution in [2.45, 2.75) is 0 Å². The van der Waals surface area contributed by atoms with Crippen molar-refractivity contribution in [2.24, 2.45) is 0 Å². The van der Waals surface area contributed by atoms with Gasteiger partial charge in [0.15, 0.2) is 0 Å². The number of benzene rings is 3. The van der Waals surface area contributed by atoms with Crippen LogP contribution in [0.4, 0.5) is 0 Å². The molecule has 0 atom stereocenters. The Bertz CT molecular complexity index is 575. The Kier molecular flexibility index (Phi) is 6.12. The van der Waals surface area contributed by atoms with E-state index < -0.39 is 5.15 Å². The van der Waals surface area contributed by atoms with Gasteiger partial charge in [-0.05, 0) is 0 Å². The van der Waals surface area contributed by atoms with E-state index in [1.165, 1.54) is 15.9 Å². The van der Waals surface area contributed by atoms with Crippen molar-refractivity contribution in [3.8, 4) is 0 Å². The molecule has 0 saturated heterocycles. The third-order valence-electron chi connectivity index (χ3n) is 3.45. The molecule has 3 heteroatoms. The van der Waals surface area contributed by atoms with Crippen LogP contribution < -0.4 is 15.9 Å². The molecule has 0 N–H and O–H groups in total. The molecule has 3 aromatic carbocycles. The Labute approximate surface area is 151 Å². The van der Waals surface area contributed by atoms with Crippen LogP contribution in [0.3, 0.4) is 0 Å². The molecule has 0 amide bonds. The summed E-state index contributed by atoms with van der Waals surface area (Å²) < 4.78 is 0. The summed E-state index contributed by atoms with van der Waals surface area (Å²) in [5.41, 5.74) is 0. The Morgan fingerprint density at radius 3 is 0.952 bits per heavy atom. The summed E-state index contributed by atoms with van der Waals surface area (Å²) in [4.78, 5) is 0. The SMILES string of the molecule is [Au][PH](c1ccccc1)(c1ccccc1)c1ccccc1.[Ru]. The molecule has 21 heavy (non-hydrogen) atoms. The maximum atomic E-state index is 2.94. The van der Waals surface area contributed by atoms with E-state index in [2.05, 4.69) is 112 Å². The predicted octanol–water partition coefficient (Wildman–Crippen LogP) is 3.17. The van der Waals surface area contributed by atoms with Crippen molar-refractivity contribution < 1.29 is 40.0 Å². The summed E-state index contributed by atoms with van der Waals surface area (Å²) >= 11 is 2.94. The molecule has 3 rings (SSSR count). The Balaban J connectivity index is 0.00000161. The molecule has 3 aromatic rings. The van der Waals surface area contributed by atoms with E-state index in [0.29, 0.717) is 0 Å². The zero-order valence-corrected chi connectivity index (χ0v) is 16.2. The fourth-order valence-electron chi connectivity index (χ4n) is 2.47. The first-order valence-corrected chi connectivity index (χ1v) is 11.7. The zero-order chi connectivity index (χ0) is 13.8. The van der Waals surface area contributed by atoms with Crippen LogP contribution in [-0.2, 0) is 40.0 Å². The molecule has 112 valence electrons. The number of hydrogen-bond donors (Lipinski definition) is 0. The summed E-state index contributed by atoms with van der Waals surface area (Å²) in [5.74, 6) is 0. The van der Waals surface area contributed by atoms with Gasteiger partial charge in [-0.3, -0.25) is 0 Å². The average Bonchev–Trinajstić information content (AvgIpc) is 2.56. The molecule has 0 unspecified atom stereocenters. The van der Waals surface area contributed by atoms with Crippen molar-refractivity contribution in [1.82, 2.24) is 0 Å². The smallest absolute Gasteiger partial charge is 0 e. The van der Waals surface area contributed by atoms with E-state index in [4.69, 9.17) is 0 Å². The maximum absolute atomic E-state index is 2.94. The summed E-state index contributed by atoms with van der Waals surface area (Å²) in [6.45, 7) is 0. The van der Waals surface area contributed by atoms with E-state index in [1.807, 2.05) is 0 Å². The molecule has 0 spiro atoms. The standard InChI is InChI=1S/C18H15P.Au.Ru/c1-4-10-16(11-5-1)19(17-12-6-2-7-13-17)18-14-8-3-9-15-18;;/h1-15H;;/q;-1;/p+1. The first kappa shape index (κ1) is 16.8. The van der Waals surface area contributed by atoms with Crippen LogP contribution in [0, 0.1) is 0 Å². The number of rotatable bonds is 3. The maximum Gasteiger partial charge on any atom is 0 e. The second kappa shape index (κ2) is 7.64. The van der Waals surface area contributed by atoms with E-state index >= 15 is 0 Å². The first-order valence-electron chi connectivity index (χ1n) is 6.63. The minimum absolute atomic E-state index is 0. The molecule has 0 aromatic heterocycles. The van der Waals surface area contributed by atoms with Crippen molar-refractivity contribution in [1.29, 1.82) is 0 Å². The van der Waals surface area contributed by atoms with Crippen LogP contribution in [0.25, 0.3) is 0 Å². The third kappa shape index (κ3) is 3.45. The molecular weight excluding hydrogens is 545 g/mol. The van der Waals surface area contributed by atoms with Gasteiger partial charge in [0.25, 0.3) is 0 Å². The van der Waals surface area contributed by atoms with Gasteiger partial charge in [0.05, 0.1) is 0 Å². The fourth-order valence-corrected chi connectivity index (χ4v) is 8.59. The molecule has 0 nitrogen and oxygen atoms in total. The third-order valence-corrected chi connectivity index (χ3v) is 12.3. The quantitative estimate of drug-likeness (QED) is 0.341. The second-order valence-corrected chi connectivity index (χ2v) is 12.5. The molecule has 0 aliphatic carbocycles. The summed E-state index contributed by atoms with van der Waals surface area (Å²) in [6, 6.07) is 32.6. The Morgan fingerprint density at radius 1 is 0.476 bits per heavy atom. The minimum atomic E-state index is -1.93. The van der Waals surface area contributed by atoms with Crippen LogP contribution in [0.2, 0.25) is 0 Å². The zero-order valence-electron chi connectivity index (χ0n) is 11.3. The van der Waals surface area contributed by atoms with Crippen molar-refractivity contribution >= 4 is 21.1 Å². The normalized spacial score (nSPS) is 11.5. The van der Waals surface area contributed by atoms with Crippen LogP contribution in [-0.4, -0.2) is 0 Å². The Hall–Kier alpha value is -0.546. The molecule has 0 heterocycles. The van der Waals surface area contributed by atoms with Gasteiger partial charge in [-0.15, -0.1) is 0 Å². The summed E-state index contributed by atoms with van der Waals surface area (Å²) in [7, 11) is 0. The predicted molar refractivity (Wildman–Crippen MR) is 86.5 cm³/mol. The van der Waals surface area contributed by atoms with Gasteiger partial charge in [-0.25, -0.2) is 0 Å². The van der Waals surface area contributed by atoms with Crippen LogP contribution in [0.5, 0.6) is 0 Å². The molecule has 0 aliphatic heterocycles. The molecule has 0 saturated carbocycles. The van der Waals surface area contributed by atoms with E-state index in [0.717, 1.165) is 0 Å². The van der Waals surface area contributed by atoms with Gasteiger partial charge in [0.1, 0.15) is 0 Å². The van der Waals surface area contributed by atoms with Crippen molar-refractivity contribution in [2.75, 3.05) is 0 Å². The Morgan fingerprint density at radius 2 is 0.714 bits per heavy atom. The van der Waals surface area contributed by atoms with Gasteiger partial charge in [-0.1, -0.05) is 0 Å². The van der Waals surface area contributed by atoms with Gasteiger partial charge < -0.3 is 0 Å².